The number of pyridine rings is 4. The number of hydrogen-bond donors (Lipinski definition) is 0. The predicted octanol–water partition coefficient (Wildman–Crippen LogP) is 17.7. The normalized spacial score (nSPS) is 11.2. The molecule has 0 N–H and O–H groups in total. The second-order valence-electron chi connectivity index (χ2n) is 18.8. The van der Waals surface area contributed by atoms with Crippen molar-refractivity contribution in [1.82, 2.24) is 49.3 Å². The van der Waals surface area contributed by atoms with Crippen LogP contribution in [-0.2, 0) is 0 Å². The van der Waals surface area contributed by atoms with Crippen LogP contribution in [0.5, 0.6) is 0 Å². The van der Waals surface area contributed by atoms with Crippen LogP contribution < -0.4 is 0 Å². The number of benzene rings is 2. The monoisotopic (exact) mass is 1050 g/mol. The summed E-state index contributed by atoms with van der Waals surface area (Å²) in [5, 5.41) is 6.02. The van der Waals surface area contributed by atoms with E-state index in [2.05, 4.69) is 181 Å². The van der Waals surface area contributed by atoms with E-state index < -0.39 is 0 Å². The molecule has 0 aliphatic heterocycles. The fourth-order valence-electron chi connectivity index (χ4n) is 6.63. The Balaban J connectivity index is 0.000000127. The molecule has 0 saturated carbocycles. The Labute approximate surface area is 443 Å². The van der Waals surface area contributed by atoms with Crippen molar-refractivity contribution in [3.05, 3.63) is 165 Å². The third kappa shape index (κ3) is 14.6. The van der Waals surface area contributed by atoms with Gasteiger partial charge in [0, 0.05) is 66.8 Å². The lowest BCUT2D eigenvalue weighted by Crippen LogP contribution is -1.84. The lowest BCUT2D eigenvalue weighted by atomic mass is 10.2. The largest absolute Gasteiger partial charge is 0.307 e. The van der Waals surface area contributed by atoms with E-state index in [0.717, 1.165) is 39.1 Å². The van der Waals surface area contributed by atoms with E-state index in [1.165, 1.54) is 48.5 Å². The minimum absolute atomic E-state index is 0.504. The molecule has 0 amide bonds. The van der Waals surface area contributed by atoms with Gasteiger partial charge in [-0.25, -0.2) is 34.9 Å². The summed E-state index contributed by atoms with van der Waals surface area (Å²) in [6.45, 7) is 26.0. The smallest absolute Gasteiger partial charge is 0.170 e. The van der Waals surface area contributed by atoms with Crippen LogP contribution in [0.1, 0.15) is 149 Å². The number of fused-ring (bicyclic) bond motifs is 6. The first-order valence-corrected chi connectivity index (χ1v) is 28.5. The third-order valence-corrected chi connectivity index (χ3v) is 17.3. The number of rotatable bonds is 6. The van der Waals surface area contributed by atoms with Gasteiger partial charge >= 0.3 is 0 Å². The summed E-state index contributed by atoms with van der Waals surface area (Å²) in [4.78, 5) is 39.2. The Morgan fingerprint density at radius 3 is 1.31 bits per heavy atom. The molecule has 0 atom stereocenters. The molecule has 0 radical (unpaired) electrons. The molecule has 0 fully saturated rings. The first kappa shape index (κ1) is 53.8. The van der Waals surface area contributed by atoms with Crippen molar-refractivity contribution in [3.63, 3.8) is 0 Å². The van der Waals surface area contributed by atoms with Crippen molar-refractivity contribution >= 4 is 114 Å². The molecule has 0 bridgehead atoms. The summed E-state index contributed by atoms with van der Waals surface area (Å²) in [5.74, 6) is 3.13. The zero-order valence-corrected chi connectivity index (χ0v) is 47.3. The summed E-state index contributed by atoms with van der Waals surface area (Å²) in [6, 6.07) is 30.6. The highest BCUT2D eigenvalue weighted by Gasteiger charge is 2.10. The van der Waals surface area contributed by atoms with Crippen molar-refractivity contribution in [2.75, 3.05) is 0 Å². The van der Waals surface area contributed by atoms with Gasteiger partial charge in [-0.2, -0.15) is 0 Å². The van der Waals surface area contributed by atoms with Crippen molar-refractivity contribution < 1.29 is 0 Å². The van der Waals surface area contributed by atoms with Crippen LogP contribution in [0.25, 0.3) is 56.9 Å². The van der Waals surface area contributed by atoms with Gasteiger partial charge in [0.1, 0.15) is 5.65 Å². The fraction of sp³-hybridized carbons (Fsp3) is 0.316. The average Bonchev–Trinajstić information content (AvgIpc) is 4.24. The topological polar surface area (TPSA) is 120 Å². The Morgan fingerprint density at radius 2 is 0.806 bits per heavy atom. The predicted molar refractivity (Wildman–Crippen MR) is 311 cm³/mol. The van der Waals surface area contributed by atoms with Gasteiger partial charge in [-0.05, 0) is 66.6 Å². The minimum Gasteiger partial charge on any atom is -0.307 e. The quantitative estimate of drug-likeness (QED) is 0.160. The molecule has 10 aromatic heterocycles. The van der Waals surface area contributed by atoms with Crippen LogP contribution >= 0.6 is 56.7 Å². The highest BCUT2D eigenvalue weighted by Crippen LogP contribution is 2.30. The number of hydrogen-bond acceptors (Lipinski definition) is 14. The Hall–Kier alpha value is -5.97. The SMILES string of the molecule is CC(C)c1cn2ccccc2n1.CC(C)c1nc2ccccc2s1.CC(C)c1nc2ccccc2s1.CC(C)c1nc2ccncc2s1.CC(C)c1nc2cnccc2s1.CC(C)c1nc2ncccc2s1. The van der Waals surface area contributed by atoms with Crippen molar-refractivity contribution in [2.24, 2.45) is 0 Å². The molecular formula is C57H64N10S5. The summed E-state index contributed by atoms with van der Waals surface area (Å²) in [7, 11) is 0. The van der Waals surface area contributed by atoms with Crippen molar-refractivity contribution in [1.29, 1.82) is 0 Å². The molecule has 10 nitrogen and oxygen atoms in total. The molecule has 72 heavy (non-hydrogen) atoms. The van der Waals surface area contributed by atoms with Gasteiger partial charge in [0.15, 0.2) is 5.65 Å². The maximum absolute atomic E-state index is 4.53. The van der Waals surface area contributed by atoms with Gasteiger partial charge < -0.3 is 4.40 Å². The van der Waals surface area contributed by atoms with Crippen LogP contribution in [0.4, 0.5) is 0 Å². The number of nitrogens with zero attached hydrogens (tertiary/aromatic N) is 10. The molecule has 372 valence electrons. The molecule has 0 aliphatic rings. The molecule has 15 heteroatoms. The van der Waals surface area contributed by atoms with E-state index in [1.807, 2.05) is 73.3 Å². The van der Waals surface area contributed by atoms with Gasteiger partial charge in [-0.15, -0.1) is 56.7 Å². The molecular weight excluding hydrogens is 985 g/mol. The summed E-state index contributed by atoms with van der Waals surface area (Å²) in [5.41, 5.74) is 7.41. The molecule has 0 saturated heterocycles. The van der Waals surface area contributed by atoms with Crippen LogP contribution in [0.3, 0.4) is 0 Å². The number of imidazole rings is 1. The van der Waals surface area contributed by atoms with E-state index in [-0.39, 0.29) is 0 Å². The van der Waals surface area contributed by atoms with Gasteiger partial charge in [0.2, 0.25) is 0 Å². The zero-order chi connectivity index (χ0) is 51.3. The Kier molecular flexibility index (Phi) is 19.1. The van der Waals surface area contributed by atoms with E-state index in [4.69, 9.17) is 0 Å². The Morgan fingerprint density at radius 1 is 0.361 bits per heavy atom. The highest BCUT2D eigenvalue weighted by atomic mass is 32.1. The maximum atomic E-state index is 4.53. The Bertz CT molecular complexity index is 2750. The zero-order valence-electron chi connectivity index (χ0n) is 43.2. The van der Waals surface area contributed by atoms with Crippen LogP contribution in [0.2, 0.25) is 0 Å². The standard InChI is InChI=1S/C10H12N2.2C10H11NS.3C9H10N2S/c1-8(2)9-7-12-6-4-3-5-10(12)11-9;2*1-7(2)10-11-8-5-3-4-6-9(8)12-10;1-6(2)9-11-7-5-10-4-3-8(7)12-9;1-6(2)9-11-7-3-4-10-5-8(7)12-9;1-6(2)9-11-8-7(12-9)4-3-5-10-8/h3-8H,1-2H3;2*3-7H,1-2H3;3*3-6H,1-2H3. The lowest BCUT2D eigenvalue weighted by molar-refractivity contribution is 0.834. The van der Waals surface area contributed by atoms with E-state index >= 15 is 0 Å². The molecule has 0 unspecified atom stereocenters. The summed E-state index contributed by atoms with van der Waals surface area (Å²) < 4.78 is 8.23. The minimum atomic E-state index is 0.504. The molecule has 12 aromatic rings. The summed E-state index contributed by atoms with van der Waals surface area (Å²) in [6.07, 6.45) is 13.2. The number of aromatic nitrogens is 10. The van der Waals surface area contributed by atoms with Gasteiger partial charge in [0.25, 0.3) is 0 Å². The van der Waals surface area contributed by atoms with Crippen molar-refractivity contribution in [3.8, 4) is 0 Å². The van der Waals surface area contributed by atoms with E-state index in [0.29, 0.717) is 35.5 Å². The average molecular weight is 1050 g/mol. The molecule has 10 heterocycles. The second kappa shape index (κ2) is 25.6. The molecule has 0 spiro atoms. The first-order chi connectivity index (χ1) is 34.6. The molecule has 0 aliphatic carbocycles. The van der Waals surface area contributed by atoms with E-state index in [9.17, 15) is 0 Å². The van der Waals surface area contributed by atoms with Gasteiger partial charge in [0.05, 0.1) is 82.5 Å². The maximum Gasteiger partial charge on any atom is 0.170 e. The molecule has 12 rings (SSSR count). The van der Waals surface area contributed by atoms with Crippen LogP contribution in [0.15, 0.2) is 134 Å². The van der Waals surface area contributed by atoms with Gasteiger partial charge in [-0.1, -0.05) is 113 Å². The van der Waals surface area contributed by atoms with Crippen LogP contribution in [-0.4, -0.2) is 49.3 Å². The van der Waals surface area contributed by atoms with Crippen LogP contribution in [0, 0.1) is 0 Å². The second-order valence-corrected chi connectivity index (χ2v) is 24.1. The van der Waals surface area contributed by atoms with Crippen molar-refractivity contribution in [2.45, 2.75) is 119 Å². The molecule has 2 aromatic carbocycles. The highest BCUT2D eigenvalue weighted by molar-refractivity contribution is 7.20. The van der Waals surface area contributed by atoms with Gasteiger partial charge in [-0.3, -0.25) is 9.97 Å². The number of para-hydroxylation sites is 2. The van der Waals surface area contributed by atoms with E-state index in [1.54, 1.807) is 69.1 Å². The number of thiazole rings is 5. The first-order valence-electron chi connectivity index (χ1n) is 24.4. The third-order valence-electron chi connectivity index (χ3n) is 10.7. The summed E-state index contributed by atoms with van der Waals surface area (Å²) >= 11 is 8.81. The fourth-order valence-corrected chi connectivity index (χ4v) is 11.4. The lowest BCUT2D eigenvalue weighted by Gasteiger charge is -1.94.